The van der Waals surface area contributed by atoms with Crippen LogP contribution in [0.25, 0.3) is 11.0 Å². The second-order valence-corrected chi connectivity index (χ2v) is 10.8. The van der Waals surface area contributed by atoms with Gasteiger partial charge in [-0.25, -0.2) is 9.97 Å². The number of rotatable bonds is 5. The molecule has 0 saturated carbocycles. The van der Waals surface area contributed by atoms with E-state index in [0.717, 1.165) is 26.9 Å². The van der Waals surface area contributed by atoms with Gasteiger partial charge in [-0.1, -0.05) is 22.0 Å². The molecule has 35 heavy (non-hydrogen) atoms. The number of fused-ring (bicyclic) bond motifs is 1. The molecule has 186 valence electrons. The van der Waals surface area contributed by atoms with E-state index in [-0.39, 0.29) is 12.0 Å². The summed E-state index contributed by atoms with van der Waals surface area (Å²) >= 11 is 3.46. The summed E-state index contributed by atoms with van der Waals surface area (Å²) in [4.78, 5) is 17.7. The highest BCUT2D eigenvalue weighted by molar-refractivity contribution is 9.10. The highest BCUT2D eigenvalue weighted by atomic mass is 79.9. The summed E-state index contributed by atoms with van der Waals surface area (Å²) in [5.41, 5.74) is 2.58. The first kappa shape index (κ1) is 24.9. The molecule has 1 aliphatic heterocycles. The second kappa shape index (κ2) is 10.2. The van der Waals surface area contributed by atoms with Gasteiger partial charge in [-0.15, -0.1) is 8.80 Å². The summed E-state index contributed by atoms with van der Waals surface area (Å²) in [7, 11) is -0.719. The van der Waals surface area contributed by atoms with Crippen LogP contribution in [0.4, 0.5) is 11.5 Å². The summed E-state index contributed by atoms with van der Waals surface area (Å²) in [6.45, 7) is 5.83. The third kappa shape index (κ3) is 5.90. The normalized spacial score (nSPS) is 17.4. The predicted molar refractivity (Wildman–Crippen MR) is 143 cm³/mol. The summed E-state index contributed by atoms with van der Waals surface area (Å²) in [6.07, 6.45) is 4.70. The minimum atomic E-state index is -4.11. The SMILES string of the molecule is Cc1c[nH]c2ncnc(N3CCN(C(=NS(=O)(=O)N=CN(C)C)Nc4cccc(Br)c4)C(C)C3)c12. The molecule has 1 fully saturated rings. The van der Waals surface area contributed by atoms with Crippen molar-refractivity contribution < 1.29 is 8.42 Å². The molecule has 2 N–H and O–H groups in total. The maximum absolute atomic E-state index is 12.7. The molecule has 0 spiro atoms. The van der Waals surface area contributed by atoms with Gasteiger partial charge in [0.15, 0.2) is 0 Å². The molecule has 11 nitrogen and oxygen atoms in total. The Labute approximate surface area is 213 Å². The number of aromatic amines is 1. The number of H-pyrrole nitrogens is 1. The number of hydrogen-bond donors (Lipinski definition) is 2. The molecule has 2 aromatic heterocycles. The molecule has 13 heteroatoms. The number of anilines is 2. The van der Waals surface area contributed by atoms with Crippen molar-refractivity contribution >= 4 is 61.0 Å². The summed E-state index contributed by atoms with van der Waals surface area (Å²) < 4.78 is 33.9. The standard InChI is InChI=1S/C22H28BrN9O2S/c1-15-11-24-20-19(15)21(26-13-25-20)31-8-9-32(16(2)12-31)22(28-18-7-5-6-17(23)10-18)29-35(33,34)27-14-30(3)4/h5-7,10-11,13-14,16H,8-9,12H2,1-4H3,(H,28,29)(H,24,25,26). The van der Waals surface area contributed by atoms with E-state index in [1.165, 1.54) is 6.34 Å². The van der Waals surface area contributed by atoms with Gasteiger partial charge in [0.1, 0.15) is 24.1 Å². The van der Waals surface area contributed by atoms with Gasteiger partial charge in [0.05, 0.1) is 5.39 Å². The zero-order valence-corrected chi connectivity index (χ0v) is 22.4. The van der Waals surface area contributed by atoms with Crippen LogP contribution < -0.4 is 10.2 Å². The highest BCUT2D eigenvalue weighted by Gasteiger charge is 2.29. The van der Waals surface area contributed by atoms with Crippen LogP contribution in [-0.2, 0) is 10.2 Å². The maximum atomic E-state index is 12.7. The lowest BCUT2D eigenvalue weighted by Crippen LogP contribution is -2.56. The first-order valence-electron chi connectivity index (χ1n) is 11.0. The van der Waals surface area contributed by atoms with Crippen LogP contribution in [-0.4, -0.2) is 85.2 Å². The van der Waals surface area contributed by atoms with Crippen LogP contribution in [0.15, 0.2) is 50.1 Å². The van der Waals surface area contributed by atoms with Crippen LogP contribution in [0.3, 0.4) is 0 Å². The number of aromatic nitrogens is 3. The fourth-order valence-corrected chi connectivity index (χ4v) is 5.05. The number of halogens is 1. The van der Waals surface area contributed by atoms with E-state index in [4.69, 9.17) is 0 Å². The minimum absolute atomic E-state index is 0.0700. The maximum Gasteiger partial charge on any atom is 0.367 e. The van der Waals surface area contributed by atoms with Crippen molar-refractivity contribution in [3.63, 3.8) is 0 Å². The molecule has 1 aromatic carbocycles. The van der Waals surface area contributed by atoms with Crippen molar-refractivity contribution in [2.45, 2.75) is 19.9 Å². The fourth-order valence-electron chi connectivity index (χ4n) is 3.93. The summed E-state index contributed by atoms with van der Waals surface area (Å²) in [5, 5.41) is 4.18. The number of aryl methyl sites for hydroxylation is 1. The Balaban J connectivity index is 1.63. The van der Waals surface area contributed by atoms with Gasteiger partial charge in [0, 0.05) is 56.1 Å². The molecular formula is C22H28BrN9O2S. The fraction of sp³-hybridized carbons (Fsp3) is 0.364. The molecule has 1 atom stereocenters. The molecule has 4 rings (SSSR count). The molecule has 0 aliphatic carbocycles. The van der Waals surface area contributed by atoms with Gasteiger partial charge in [0.2, 0.25) is 5.96 Å². The Bertz CT molecular complexity index is 1370. The smallest absolute Gasteiger partial charge is 0.367 e. The first-order chi connectivity index (χ1) is 16.6. The van der Waals surface area contributed by atoms with Gasteiger partial charge in [-0.05, 0) is 37.6 Å². The van der Waals surface area contributed by atoms with Crippen molar-refractivity contribution in [1.82, 2.24) is 24.8 Å². The average Bonchev–Trinajstić information content (AvgIpc) is 3.18. The lowest BCUT2D eigenvalue weighted by Gasteiger charge is -2.41. The first-order valence-corrected chi connectivity index (χ1v) is 13.2. The van der Waals surface area contributed by atoms with E-state index in [0.29, 0.717) is 25.3 Å². The number of nitrogens with zero attached hydrogens (tertiary/aromatic N) is 7. The van der Waals surface area contributed by atoms with Crippen LogP contribution in [0.5, 0.6) is 0 Å². The van der Waals surface area contributed by atoms with E-state index in [1.807, 2.05) is 49.2 Å². The van der Waals surface area contributed by atoms with Crippen LogP contribution in [0, 0.1) is 6.92 Å². The number of nitrogens with one attached hydrogen (secondary N) is 2. The van der Waals surface area contributed by atoms with E-state index in [9.17, 15) is 8.42 Å². The zero-order chi connectivity index (χ0) is 25.2. The van der Waals surface area contributed by atoms with Crippen LogP contribution in [0.2, 0.25) is 0 Å². The van der Waals surface area contributed by atoms with E-state index in [1.54, 1.807) is 25.3 Å². The third-order valence-corrected chi connectivity index (χ3v) is 6.80. The Morgan fingerprint density at radius 2 is 2.11 bits per heavy atom. The molecular weight excluding hydrogens is 534 g/mol. The Hall–Kier alpha value is -3.19. The molecule has 1 unspecified atom stereocenters. The van der Waals surface area contributed by atoms with Crippen molar-refractivity contribution in [3.05, 3.63) is 46.8 Å². The molecule has 0 amide bonds. The quantitative estimate of drug-likeness (QED) is 0.360. The van der Waals surface area contributed by atoms with E-state index < -0.39 is 10.2 Å². The number of guanidine groups is 1. The molecule has 3 aromatic rings. The Morgan fingerprint density at radius 3 is 2.83 bits per heavy atom. The topological polar surface area (TPSA) is 122 Å². The molecule has 1 saturated heterocycles. The van der Waals surface area contributed by atoms with Gasteiger partial charge in [0.25, 0.3) is 0 Å². The molecule has 3 heterocycles. The molecule has 0 radical (unpaired) electrons. The van der Waals surface area contributed by atoms with Crippen molar-refractivity contribution in [1.29, 1.82) is 0 Å². The average molecular weight is 562 g/mol. The van der Waals surface area contributed by atoms with Crippen LogP contribution in [0.1, 0.15) is 12.5 Å². The number of piperazine rings is 1. The van der Waals surface area contributed by atoms with Gasteiger partial charge >= 0.3 is 10.2 Å². The second-order valence-electron chi connectivity index (χ2n) is 8.56. The van der Waals surface area contributed by atoms with Crippen molar-refractivity contribution in [3.8, 4) is 0 Å². The largest absolute Gasteiger partial charge is 0.368 e. The number of hydrogen-bond acceptors (Lipinski definition) is 5. The third-order valence-electron chi connectivity index (χ3n) is 5.54. The molecule has 0 bridgehead atoms. The molecule has 1 aliphatic rings. The zero-order valence-electron chi connectivity index (χ0n) is 20.0. The lowest BCUT2D eigenvalue weighted by atomic mass is 10.1. The van der Waals surface area contributed by atoms with Gasteiger partial charge < -0.3 is 25.0 Å². The summed E-state index contributed by atoms with van der Waals surface area (Å²) in [5.74, 6) is 1.08. The lowest BCUT2D eigenvalue weighted by molar-refractivity contribution is 0.297. The monoisotopic (exact) mass is 561 g/mol. The van der Waals surface area contributed by atoms with E-state index in [2.05, 4.69) is 49.9 Å². The highest BCUT2D eigenvalue weighted by Crippen LogP contribution is 2.28. The van der Waals surface area contributed by atoms with Gasteiger partial charge in [-0.2, -0.15) is 8.42 Å². The van der Waals surface area contributed by atoms with Crippen molar-refractivity contribution in [2.24, 2.45) is 8.80 Å². The Kier molecular flexibility index (Phi) is 7.26. The predicted octanol–water partition coefficient (Wildman–Crippen LogP) is 2.84. The van der Waals surface area contributed by atoms with Crippen molar-refractivity contribution in [2.75, 3.05) is 43.9 Å². The summed E-state index contributed by atoms with van der Waals surface area (Å²) in [6, 6.07) is 7.40. The number of benzene rings is 1. The van der Waals surface area contributed by atoms with Crippen LogP contribution >= 0.6 is 15.9 Å². The minimum Gasteiger partial charge on any atom is -0.368 e. The van der Waals surface area contributed by atoms with E-state index >= 15 is 0 Å². The van der Waals surface area contributed by atoms with Gasteiger partial charge in [-0.3, -0.25) is 0 Å². The Morgan fingerprint density at radius 1 is 1.31 bits per heavy atom.